The molecule has 5 heteroatoms. The Hall–Kier alpha value is -1.52. The summed E-state index contributed by atoms with van der Waals surface area (Å²) in [6.07, 6.45) is 0.750. The number of aromatic nitrogens is 2. The standard InChI is InChI=1S/C13H16ClN3O/c1-9-7-10(14)3-4-12(9)17-13(15)8-11(16-17)5-6-18-2/h3-4,7-8H,5-6,15H2,1-2H3. The average molecular weight is 266 g/mol. The minimum atomic E-state index is 0.617. The summed E-state index contributed by atoms with van der Waals surface area (Å²) in [7, 11) is 1.67. The Morgan fingerprint density at radius 3 is 2.83 bits per heavy atom. The van der Waals surface area contributed by atoms with Crippen LogP contribution in [-0.4, -0.2) is 23.5 Å². The van der Waals surface area contributed by atoms with Gasteiger partial charge in [0.25, 0.3) is 0 Å². The molecule has 2 N–H and O–H groups in total. The van der Waals surface area contributed by atoms with Gasteiger partial charge in [0.15, 0.2) is 0 Å². The third-order valence-electron chi connectivity index (χ3n) is 2.74. The van der Waals surface area contributed by atoms with Crippen LogP contribution in [0.15, 0.2) is 24.3 Å². The number of benzene rings is 1. The molecule has 0 amide bonds. The molecule has 0 unspecified atom stereocenters. The smallest absolute Gasteiger partial charge is 0.127 e. The third-order valence-corrected chi connectivity index (χ3v) is 2.97. The summed E-state index contributed by atoms with van der Waals surface area (Å²) in [5, 5.41) is 5.19. The van der Waals surface area contributed by atoms with Gasteiger partial charge < -0.3 is 10.5 Å². The van der Waals surface area contributed by atoms with Crippen molar-refractivity contribution >= 4 is 17.4 Å². The molecule has 0 aliphatic carbocycles. The van der Waals surface area contributed by atoms with Crippen LogP contribution in [0.4, 0.5) is 5.82 Å². The molecular formula is C13H16ClN3O. The normalized spacial score (nSPS) is 10.8. The lowest BCUT2D eigenvalue weighted by molar-refractivity contribution is 0.201. The largest absolute Gasteiger partial charge is 0.384 e. The highest BCUT2D eigenvalue weighted by Gasteiger charge is 2.09. The maximum atomic E-state index is 5.98. The molecule has 0 aliphatic rings. The van der Waals surface area contributed by atoms with Gasteiger partial charge in [-0.2, -0.15) is 5.10 Å². The minimum absolute atomic E-state index is 0.617. The number of aryl methyl sites for hydroxylation is 1. The molecule has 1 aromatic carbocycles. The number of nitrogens with zero attached hydrogens (tertiary/aromatic N) is 2. The summed E-state index contributed by atoms with van der Waals surface area (Å²) >= 11 is 5.94. The fourth-order valence-electron chi connectivity index (χ4n) is 1.83. The molecular weight excluding hydrogens is 250 g/mol. The predicted octanol–water partition coefficient (Wildman–Crippen LogP) is 2.61. The van der Waals surface area contributed by atoms with Crippen LogP contribution in [0.3, 0.4) is 0 Å². The van der Waals surface area contributed by atoms with Crippen molar-refractivity contribution in [3.8, 4) is 5.69 Å². The van der Waals surface area contributed by atoms with Gasteiger partial charge in [0, 0.05) is 24.6 Å². The van der Waals surface area contributed by atoms with Gasteiger partial charge >= 0.3 is 0 Å². The molecule has 0 aliphatic heterocycles. The molecule has 18 heavy (non-hydrogen) atoms. The summed E-state index contributed by atoms with van der Waals surface area (Å²) in [5.74, 6) is 0.617. The lowest BCUT2D eigenvalue weighted by atomic mass is 10.2. The van der Waals surface area contributed by atoms with Gasteiger partial charge in [-0.1, -0.05) is 11.6 Å². The third kappa shape index (κ3) is 2.66. The molecule has 2 rings (SSSR count). The van der Waals surface area contributed by atoms with Crippen LogP contribution in [-0.2, 0) is 11.2 Å². The maximum Gasteiger partial charge on any atom is 0.127 e. The Morgan fingerprint density at radius 1 is 1.39 bits per heavy atom. The van der Waals surface area contributed by atoms with E-state index in [4.69, 9.17) is 22.1 Å². The van der Waals surface area contributed by atoms with Crippen LogP contribution in [0.1, 0.15) is 11.3 Å². The molecule has 0 spiro atoms. The van der Waals surface area contributed by atoms with E-state index >= 15 is 0 Å². The van der Waals surface area contributed by atoms with Crippen LogP contribution in [0.25, 0.3) is 5.69 Å². The van der Waals surface area contributed by atoms with E-state index in [0.717, 1.165) is 23.4 Å². The first-order chi connectivity index (χ1) is 8.61. The molecule has 96 valence electrons. The number of ether oxygens (including phenoxy) is 1. The van der Waals surface area contributed by atoms with E-state index in [1.807, 2.05) is 31.2 Å². The van der Waals surface area contributed by atoms with Crippen LogP contribution < -0.4 is 5.73 Å². The van der Waals surface area contributed by atoms with E-state index in [1.54, 1.807) is 11.8 Å². The molecule has 0 radical (unpaired) electrons. The molecule has 1 heterocycles. The van der Waals surface area contributed by atoms with Crippen LogP contribution in [0, 0.1) is 6.92 Å². The van der Waals surface area contributed by atoms with Crippen molar-refractivity contribution in [3.63, 3.8) is 0 Å². The van der Waals surface area contributed by atoms with Crippen LogP contribution in [0.5, 0.6) is 0 Å². The average Bonchev–Trinajstić information content (AvgIpc) is 2.68. The highest BCUT2D eigenvalue weighted by Crippen LogP contribution is 2.21. The van der Waals surface area contributed by atoms with Crippen LogP contribution in [0.2, 0.25) is 5.02 Å². The lowest BCUT2D eigenvalue weighted by Crippen LogP contribution is -2.04. The zero-order chi connectivity index (χ0) is 13.1. The lowest BCUT2D eigenvalue weighted by Gasteiger charge is -2.07. The number of anilines is 1. The van der Waals surface area contributed by atoms with Gasteiger partial charge in [-0.25, -0.2) is 4.68 Å². The Kier molecular flexibility index (Phi) is 3.89. The second-order valence-electron chi connectivity index (χ2n) is 4.15. The van der Waals surface area contributed by atoms with Crippen molar-refractivity contribution in [2.24, 2.45) is 0 Å². The monoisotopic (exact) mass is 265 g/mol. The summed E-state index contributed by atoms with van der Waals surface area (Å²) in [4.78, 5) is 0. The molecule has 0 atom stereocenters. The Balaban J connectivity index is 2.35. The van der Waals surface area contributed by atoms with Crippen molar-refractivity contribution < 1.29 is 4.74 Å². The number of nitrogens with two attached hydrogens (primary N) is 1. The quantitative estimate of drug-likeness (QED) is 0.925. The maximum absolute atomic E-state index is 5.98. The molecule has 2 aromatic rings. The Bertz CT molecular complexity index is 551. The van der Waals surface area contributed by atoms with Crippen molar-refractivity contribution in [2.45, 2.75) is 13.3 Å². The van der Waals surface area contributed by atoms with E-state index < -0.39 is 0 Å². The number of hydrogen-bond acceptors (Lipinski definition) is 3. The molecule has 0 fully saturated rings. The van der Waals surface area contributed by atoms with Gasteiger partial charge in [-0.15, -0.1) is 0 Å². The van der Waals surface area contributed by atoms with E-state index in [1.165, 1.54) is 0 Å². The van der Waals surface area contributed by atoms with Crippen molar-refractivity contribution in [3.05, 3.63) is 40.5 Å². The summed E-state index contributed by atoms with van der Waals surface area (Å²) in [6.45, 7) is 2.62. The summed E-state index contributed by atoms with van der Waals surface area (Å²) < 4.78 is 6.77. The minimum Gasteiger partial charge on any atom is -0.384 e. The first-order valence-corrected chi connectivity index (χ1v) is 6.09. The second kappa shape index (κ2) is 5.42. The summed E-state index contributed by atoms with van der Waals surface area (Å²) in [5.41, 5.74) is 8.88. The summed E-state index contributed by atoms with van der Waals surface area (Å²) in [6, 6.07) is 7.51. The number of methoxy groups -OCH3 is 1. The van der Waals surface area contributed by atoms with Crippen molar-refractivity contribution in [1.82, 2.24) is 9.78 Å². The number of rotatable bonds is 4. The van der Waals surface area contributed by atoms with Crippen molar-refractivity contribution in [2.75, 3.05) is 19.5 Å². The molecule has 0 saturated carbocycles. The SMILES string of the molecule is COCCc1cc(N)n(-c2ccc(Cl)cc2C)n1. The van der Waals surface area contributed by atoms with Crippen LogP contribution >= 0.6 is 11.6 Å². The molecule has 0 bridgehead atoms. The van der Waals surface area contributed by atoms with Gasteiger partial charge in [0.05, 0.1) is 18.0 Å². The van der Waals surface area contributed by atoms with E-state index in [9.17, 15) is 0 Å². The molecule has 1 aromatic heterocycles. The van der Waals surface area contributed by atoms with Crippen molar-refractivity contribution in [1.29, 1.82) is 0 Å². The van der Waals surface area contributed by atoms with E-state index in [0.29, 0.717) is 17.4 Å². The number of nitrogen functional groups attached to an aromatic ring is 1. The molecule has 4 nitrogen and oxygen atoms in total. The number of hydrogen-bond donors (Lipinski definition) is 1. The Morgan fingerprint density at radius 2 is 2.17 bits per heavy atom. The Labute approximate surface area is 111 Å². The van der Waals surface area contributed by atoms with E-state index in [-0.39, 0.29) is 0 Å². The highest BCUT2D eigenvalue weighted by molar-refractivity contribution is 6.30. The topological polar surface area (TPSA) is 53.1 Å². The molecule has 0 saturated heterocycles. The number of halogens is 1. The second-order valence-corrected chi connectivity index (χ2v) is 4.58. The van der Waals surface area contributed by atoms with E-state index in [2.05, 4.69) is 5.10 Å². The zero-order valence-corrected chi connectivity index (χ0v) is 11.2. The predicted molar refractivity (Wildman–Crippen MR) is 73.3 cm³/mol. The van der Waals surface area contributed by atoms with Gasteiger partial charge in [-0.3, -0.25) is 0 Å². The first kappa shape index (κ1) is 12.9. The zero-order valence-electron chi connectivity index (χ0n) is 10.5. The van der Waals surface area contributed by atoms with Gasteiger partial charge in [0.1, 0.15) is 5.82 Å². The van der Waals surface area contributed by atoms with Gasteiger partial charge in [0.2, 0.25) is 0 Å². The first-order valence-electron chi connectivity index (χ1n) is 5.71. The fraction of sp³-hybridized carbons (Fsp3) is 0.308. The van der Waals surface area contributed by atoms with Gasteiger partial charge in [-0.05, 0) is 30.7 Å². The highest BCUT2D eigenvalue weighted by atomic mass is 35.5. The fourth-order valence-corrected chi connectivity index (χ4v) is 2.05.